The predicted octanol–water partition coefficient (Wildman–Crippen LogP) is 1.39. The van der Waals surface area contributed by atoms with Gasteiger partial charge in [-0.05, 0) is 45.7 Å². The van der Waals surface area contributed by atoms with Gasteiger partial charge in [0.25, 0.3) is 0 Å². The van der Waals surface area contributed by atoms with Gasteiger partial charge in [0.05, 0.1) is 6.26 Å². The molecule has 102 valence electrons. The van der Waals surface area contributed by atoms with Crippen LogP contribution in [-0.4, -0.2) is 57.1 Å². The second-order valence-corrected chi connectivity index (χ2v) is 7.34. The lowest BCUT2D eigenvalue weighted by Crippen LogP contribution is -2.42. The summed E-state index contributed by atoms with van der Waals surface area (Å²) in [7, 11) is 1.16. The monoisotopic (exact) mass is 262 g/mol. The van der Waals surface area contributed by atoms with Gasteiger partial charge in [0.15, 0.2) is 0 Å². The summed E-state index contributed by atoms with van der Waals surface area (Å²) < 4.78 is 24.9. The van der Waals surface area contributed by atoms with Gasteiger partial charge in [0.1, 0.15) is 0 Å². The maximum atomic E-state index is 11.6. The van der Waals surface area contributed by atoms with Crippen molar-refractivity contribution in [3.8, 4) is 0 Å². The zero-order chi connectivity index (χ0) is 13.1. The van der Waals surface area contributed by atoms with Gasteiger partial charge in [-0.25, -0.2) is 8.42 Å². The minimum Gasteiger partial charge on any atom is -0.309 e. The first-order chi connectivity index (χ1) is 7.84. The molecule has 0 bridgehead atoms. The quantitative estimate of drug-likeness (QED) is 0.752. The second-order valence-electron chi connectivity index (χ2n) is 5.40. The van der Waals surface area contributed by atoms with E-state index in [9.17, 15) is 8.42 Å². The van der Waals surface area contributed by atoms with Gasteiger partial charge < -0.3 is 4.90 Å². The number of sulfonamides is 1. The van der Waals surface area contributed by atoms with Gasteiger partial charge in [0, 0.05) is 19.1 Å². The highest BCUT2D eigenvalue weighted by atomic mass is 32.2. The number of hydrogen-bond acceptors (Lipinski definition) is 3. The van der Waals surface area contributed by atoms with Crippen LogP contribution in [0.25, 0.3) is 0 Å². The van der Waals surface area contributed by atoms with E-state index in [1.54, 1.807) is 4.31 Å². The molecular formula is C12H26N2O2S. The first kappa shape index (κ1) is 14.9. The van der Waals surface area contributed by atoms with Gasteiger partial charge in [-0.1, -0.05) is 6.92 Å². The molecule has 0 atom stereocenters. The van der Waals surface area contributed by atoms with E-state index in [1.807, 2.05) is 6.92 Å². The van der Waals surface area contributed by atoms with Crippen LogP contribution in [0.4, 0.5) is 0 Å². The highest BCUT2D eigenvalue weighted by Gasteiger charge is 2.29. The predicted molar refractivity (Wildman–Crippen MR) is 71.5 cm³/mol. The molecule has 0 aliphatic heterocycles. The largest absolute Gasteiger partial charge is 0.309 e. The third-order valence-electron chi connectivity index (χ3n) is 3.58. The standard InChI is InChI=1S/C12H26N2O2S/c1-5-14(17(4,15)16)12-8-6-11(7-9-12)10-13(2)3/h11-12H,5-10H2,1-4H3. The number of nitrogens with zero attached hydrogens (tertiary/aromatic N) is 2. The Morgan fingerprint density at radius 3 is 2.00 bits per heavy atom. The van der Waals surface area contributed by atoms with Crippen molar-refractivity contribution in [1.82, 2.24) is 9.21 Å². The van der Waals surface area contributed by atoms with Gasteiger partial charge >= 0.3 is 0 Å². The average molecular weight is 262 g/mol. The maximum absolute atomic E-state index is 11.6. The second kappa shape index (κ2) is 6.16. The molecule has 0 aromatic rings. The van der Waals surface area contributed by atoms with Crippen LogP contribution in [0, 0.1) is 5.92 Å². The van der Waals surface area contributed by atoms with Crippen LogP contribution >= 0.6 is 0 Å². The van der Waals surface area contributed by atoms with Crippen LogP contribution in [0.5, 0.6) is 0 Å². The number of hydrogen-bond donors (Lipinski definition) is 0. The lowest BCUT2D eigenvalue weighted by atomic mass is 9.86. The molecule has 1 fully saturated rings. The Morgan fingerprint density at radius 2 is 1.65 bits per heavy atom. The fourth-order valence-corrected chi connectivity index (χ4v) is 4.12. The van der Waals surface area contributed by atoms with E-state index in [2.05, 4.69) is 19.0 Å². The smallest absolute Gasteiger partial charge is 0.211 e. The topological polar surface area (TPSA) is 40.6 Å². The molecule has 0 N–H and O–H groups in total. The van der Waals surface area contributed by atoms with Gasteiger partial charge in [-0.15, -0.1) is 0 Å². The Bertz CT molecular complexity index is 319. The highest BCUT2D eigenvalue weighted by Crippen LogP contribution is 2.28. The highest BCUT2D eigenvalue weighted by molar-refractivity contribution is 7.88. The molecule has 0 aromatic heterocycles. The summed E-state index contributed by atoms with van der Waals surface area (Å²) in [4.78, 5) is 2.22. The minimum absolute atomic E-state index is 0.230. The van der Waals surface area contributed by atoms with Crippen molar-refractivity contribution in [3.63, 3.8) is 0 Å². The Kier molecular flexibility index (Phi) is 5.41. The van der Waals surface area contributed by atoms with E-state index in [4.69, 9.17) is 0 Å². The Labute approximate surface area is 106 Å². The van der Waals surface area contributed by atoms with Crippen LogP contribution in [0.1, 0.15) is 32.6 Å². The molecule has 17 heavy (non-hydrogen) atoms. The maximum Gasteiger partial charge on any atom is 0.211 e. The Morgan fingerprint density at radius 1 is 1.12 bits per heavy atom. The summed E-state index contributed by atoms with van der Waals surface area (Å²) in [5.41, 5.74) is 0. The van der Waals surface area contributed by atoms with E-state index in [1.165, 1.54) is 6.26 Å². The van der Waals surface area contributed by atoms with Crippen molar-refractivity contribution >= 4 is 10.0 Å². The normalized spacial score (nSPS) is 26.7. The molecule has 1 saturated carbocycles. The van der Waals surface area contributed by atoms with Gasteiger partial charge in [-0.3, -0.25) is 0 Å². The lowest BCUT2D eigenvalue weighted by molar-refractivity contribution is 0.193. The molecule has 0 amide bonds. The van der Waals surface area contributed by atoms with Crippen LogP contribution in [-0.2, 0) is 10.0 Å². The fraction of sp³-hybridized carbons (Fsp3) is 1.00. The molecule has 0 heterocycles. The molecular weight excluding hydrogens is 236 g/mol. The molecule has 0 aromatic carbocycles. The summed E-state index contributed by atoms with van der Waals surface area (Å²) in [6.45, 7) is 3.65. The van der Waals surface area contributed by atoms with Gasteiger partial charge in [-0.2, -0.15) is 4.31 Å². The summed E-state index contributed by atoms with van der Waals surface area (Å²) in [5.74, 6) is 0.736. The van der Waals surface area contributed by atoms with Crippen molar-refractivity contribution < 1.29 is 8.42 Å². The molecule has 0 spiro atoms. The molecule has 0 unspecified atom stereocenters. The molecule has 1 aliphatic carbocycles. The van der Waals surface area contributed by atoms with Crippen LogP contribution in [0.15, 0.2) is 0 Å². The van der Waals surface area contributed by atoms with Crippen molar-refractivity contribution in [2.45, 2.75) is 38.6 Å². The zero-order valence-electron chi connectivity index (χ0n) is 11.5. The molecule has 0 saturated heterocycles. The van der Waals surface area contributed by atoms with Crippen molar-refractivity contribution in [1.29, 1.82) is 0 Å². The van der Waals surface area contributed by atoms with Crippen LogP contribution in [0.2, 0.25) is 0 Å². The van der Waals surface area contributed by atoms with E-state index < -0.39 is 10.0 Å². The third-order valence-corrected chi connectivity index (χ3v) is 4.99. The van der Waals surface area contributed by atoms with E-state index in [0.717, 1.165) is 38.1 Å². The van der Waals surface area contributed by atoms with Crippen molar-refractivity contribution in [2.24, 2.45) is 5.92 Å². The SMILES string of the molecule is CCN(C1CCC(CN(C)C)CC1)S(C)(=O)=O. The summed E-state index contributed by atoms with van der Waals surface area (Å²) in [6, 6.07) is 0.230. The average Bonchev–Trinajstić information content (AvgIpc) is 2.18. The third kappa shape index (κ3) is 4.56. The molecule has 4 nitrogen and oxygen atoms in total. The molecule has 5 heteroatoms. The van der Waals surface area contributed by atoms with Crippen molar-refractivity contribution in [3.05, 3.63) is 0 Å². The van der Waals surface area contributed by atoms with Gasteiger partial charge in [0.2, 0.25) is 10.0 Å². The van der Waals surface area contributed by atoms with Crippen LogP contribution < -0.4 is 0 Å². The molecule has 1 rings (SSSR count). The first-order valence-electron chi connectivity index (χ1n) is 6.46. The zero-order valence-corrected chi connectivity index (χ0v) is 12.3. The lowest BCUT2D eigenvalue weighted by Gasteiger charge is -2.35. The summed E-state index contributed by atoms with van der Waals surface area (Å²) in [5, 5.41) is 0. The van der Waals surface area contributed by atoms with E-state index in [-0.39, 0.29) is 6.04 Å². The molecule has 0 radical (unpaired) electrons. The van der Waals surface area contributed by atoms with Crippen molar-refractivity contribution in [2.75, 3.05) is 33.4 Å². The Balaban J connectivity index is 2.51. The first-order valence-corrected chi connectivity index (χ1v) is 8.31. The molecule has 1 aliphatic rings. The summed E-state index contributed by atoms with van der Waals surface area (Å²) >= 11 is 0. The number of rotatable bonds is 5. The van der Waals surface area contributed by atoms with Crippen LogP contribution in [0.3, 0.4) is 0 Å². The fourth-order valence-electron chi connectivity index (χ4n) is 2.90. The summed E-state index contributed by atoms with van der Waals surface area (Å²) in [6.07, 6.45) is 5.64. The van der Waals surface area contributed by atoms with E-state index >= 15 is 0 Å². The minimum atomic E-state index is -3.03. The Hall–Kier alpha value is -0.130. The van der Waals surface area contributed by atoms with E-state index in [0.29, 0.717) is 6.54 Å².